The van der Waals surface area contributed by atoms with Crippen molar-refractivity contribution in [1.82, 2.24) is 24.5 Å². The highest BCUT2D eigenvalue weighted by molar-refractivity contribution is 5.86. The highest BCUT2D eigenvalue weighted by atomic mass is 35.5. The van der Waals surface area contributed by atoms with Crippen molar-refractivity contribution in [2.24, 2.45) is 0 Å². The van der Waals surface area contributed by atoms with E-state index in [1.54, 1.807) is 0 Å². The normalized spacial score (nSPS) is 19.3. The Hall–Kier alpha value is 1.25. The smallest absolute Gasteiger partial charge is 0.0110 e. The number of likely N-dealkylation sites (N-methyl/N-ethyl adjacent to an activating group) is 4. The van der Waals surface area contributed by atoms with Crippen LogP contribution in [0.5, 0.6) is 0 Å². The van der Waals surface area contributed by atoms with Crippen LogP contribution in [-0.4, -0.2) is 125 Å². The Labute approximate surface area is 199 Å². The molecule has 5 nitrogen and oxygen atoms in total. The molecule has 0 N–H and O–H groups in total. The molecule has 0 atom stereocenters. The van der Waals surface area contributed by atoms with Gasteiger partial charge in [-0.1, -0.05) is 0 Å². The molecule has 0 aromatic heterocycles. The van der Waals surface area contributed by atoms with Crippen molar-refractivity contribution in [2.75, 3.05) is 101 Å². The Morgan fingerprint density at radius 3 is 1.33 bits per heavy atom. The second-order valence-electron chi connectivity index (χ2n) is 7.26. The van der Waals surface area contributed by atoms with Gasteiger partial charge in [-0.25, -0.2) is 0 Å². The fourth-order valence-electron chi connectivity index (χ4n) is 2.84. The lowest BCUT2D eigenvalue weighted by Crippen LogP contribution is -2.40. The highest BCUT2D eigenvalue weighted by Gasteiger charge is 2.10. The van der Waals surface area contributed by atoms with E-state index in [1.165, 1.54) is 71.7 Å². The Bertz CT molecular complexity index is 290. The van der Waals surface area contributed by atoms with Gasteiger partial charge < -0.3 is 24.5 Å². The number of halogens is 5. The minimum absolute atomic E-state index is 0. The molecule has 0 saturated carbocycles. The maximum atomic E-state index is 2.64. The molecule has 1 saturated heterocycles. The van der Waals surface area contributed by atoms with E-state index in [9.17, 15) is 0 Å². The third kappa shape index (κ3) is 21.8. The molecule has 1 heterocycles. The maximum Gasteiger partial charge on any atom is 0.0110 e. The summed E-state index contributed by atoms with van der Waals surface area (Å²) in [6.07, 6.45) is 2.55. The van der Waals surface area contributed by atoms with Gasteiger partial charge in [-0.15, -0.1) is 62.0 Å². The maximum absolute atomic E-state index is 2.64. The molecule has 0 amide bonds. The Morgan fingerprint density at radius 1 is 0.556 bits per heavy atom. The van der Waals surface area contributed by atoms with Crippen LogP contribution in [0.1, 0.15) is 12.8 Å². The second-order valence-corrected chi connectivity index (χ2v) is 7.26. The van der Waals surface area contributed by atoms with Crippen LogP contribution >= 0.6 is 62.0 Å². The average Bonchev–Trinajstić information content (AvgIpc) is 2.46. The van der Waals surface area contributed by atoms with Gasteiger partial charge >= 0.3 is 0 Å². The average molecular weight is 496 g/mol. The van der Waals surface area contributed by atoms with E-state index in [0.717, 1.165) is 6.54 Å². The topological polar surface area (TPSA) is 16.2 Å². The zero-order valence-electron chi connectivity index (χ0n) is 17.8. The molecule has 1 aliphatic rings. The van der Waals surface area contributed by atoms with Crippen molar-refractivity contribution < 1.29 is 0 Å². The van der Waals surface area contributed by atoms with Gasteiger partial charge in [0.2, 0.25) is 0 Å². The fraction of sp³-hybridized carbons (Fsp3) is 1.00. The molecule has 0 spiro atoms. The van der Waals surface area contributed by atoms with Gasteiger partial charge in [-0.3, -0.25) is 0 Å². The van der Waals surface area contributed by atoms with Crippen LogP contribution in [0.2, 0.25) is 0 Å². The van der Waals surface area contributed by atoms with E-state index in [0.29, 0.717) is 0 Å². The molecule has 1 aliphatic heterocycles. The first-order valence-electron chi connectivity index (χ1n) is 8.90. The number of hydrogen-bond donors (Lipinski definition) is 0. The van der Waals surface area contributed by atoms with E-state index in [2.05, 4.69) is 59.7 Å². The van der Waals surface area contributed by atoms with Crippen molar-refractivity contribution in [3.05, 3.63) is 0 Å². The lowest BCUT2D eigenvalue weighted by atomic mass is 10.3. The SMILES string of the molecule is CN(C)CCN1CCCN(C)CCN(C)CCCN(C)CC1.Cl.Cl.Cl.Cl.Cl. The molecule has 0 aliphatic carbocycles. The van der Waals surface area contributed by atoms with Gasteiger partial charge in [-0.05, 0) is 74.3 Å². The third-order valence-electron chi connectivity index (χ3n) is 4.62. The monoisotopic (exact) mass is 493 g/mol. The fourth-order valence-corrected chi connectivity index (χ4v) is 2.84. The predicted octanol–water partition coefficient (Wildman–Crippen LogP) is 2.55. The van der Waals surface area contributed by atoms with Crippen molar-refractivity contribution >= 4 is 62.0 Å². The van der Waals surface area contributed by atoms with Crippen LogP contribution in [-0.2, 0) is 0 Å². The van der Waals surface area contributed by atoms with Gasteiger partial charge in [0, 0.05) is 39.3 Å². The van der Waals surface area contributed by atoms with Crippen LogP contribution in [0.3, 0.4) is 0 Å². The van der Waals surface area contributed by atoms with Crippen molar-refractivity contribution in [3.63, 3.8) is 0 Å². The van der Waals surface area contributed by atoms with Gasteiger partial charge in [0.1, 0.15) is 0 Å². The zero-order valence-corrected chi connectivity index (χ0v) is 21.8. The summed E-state index contributed by atoms with van der Waals surface area (Å²) in [6.45, 7) is 12.0. The molecule has 0 aromatic rings. The van der Waals surface area contributed by atoms with Gasteiger partial charge in [0.05, 0.1) is 0 Å². The minimum Gasteiger partial charge on any atom is -0.308 e. The molecule has 172 valence electrons. The Kier molecular flexibility index (Phi) is 33.8. The number of rotatable bonds is 3. The molecular weight excluding hydrogens is 451 g/mol. The lowest BCUT2D eigenvalue weighted by Gasteiger charge is -2.29. The number of hydrogen-bond acceptors (Lipinski definition) is 5. The van der Waals surface area contributed by atoms with Crippen LogP contribution in [0.25, 0.3) is 0 Å². The first-order valence-corrected chi connectivity index (χ1v) is 8.90. The van der Waals surface area contributed by atoms with Crippen LogP contribution in [0, 0.1) is 0 Å². The third-order valence-corrected chi connectivity index (χ3v) is 4.62. The van der Waals surface area contributed by atoms with Crippen molar-refractivity contribution in [2.45, 2.75) is 12.8 Å². The predicted molar refractivity (Wildman–Crippen MR) is 133 cm³/mol. The molecule has 0 radical (unpaired) electrons. The van der Waals surface area contributed by atoms with Gasteiger partial charge in [0.25, 0.3) is 0 Å². The zero-order chi connectivity index (χ0) is 16.4. The van der Waals surface area contributed by atoms with E-state index < -0.39 is 0 Å². The largest absolute Gasteiger partial charge is 0.308 e. The van der Waals surface area contributed by atoms with Crippen molar-refractivity contribution in [3.8, 4) is 0 Å². The Morgan fingerprint density at radius 2 is 0.926 bits per heavy atom. The van der Waals surface area contributed by atoms with Crippen LogP contribution < -0.4 is 0 Å². The molecule has 10 heteroatoms. The first-order chi connectivity index (χ1) is 10.5. The van der Waals surface area contributed by atoms with Gasteiger partial charge in [0.15, 0.2) is 0 Å². The summed E-state index contributed by atoms with van der Waals surface area (Å²) in [7, 11) is 11.1. The number of nitrogens with zero attached hydrogens (tertiary/aromatic N) is 5. The van der Waals surface area contributed by atoms with E-state index >= 15 is 0 Å². The summed E-state index contributed by atoms with van der Waals surface area (Å²) >= 11 is 0. The first kappa shape index (κ1) is 38.8. The Balaban J connectivity index is -0.000000323. The molecule has 0 unspecified atom stereocenters. The summed E-state index contributed by atoms with van der Waals surface area (Å²) < 4.78 is 0. The summed E-state index contributed by atoms with van der Waals surface area (Å²) in [6, 6.07) is 0. The van der Waals surface area contributed by atoms with Crippen LogP contribution in [0.15, 0.2) is 0 Å². The molecule has 0 aromatic carbocycles. The summed E-state index contributed by atoms with van der Waals surface area (Å²) in [5.74, 6) is 0. The molecular formula is C17H44Cl5N5. The highest BCUT2D eigenvalue weighted by Crippen LogP contribution is 1.99. The van der Waals surface area contributed by atoms with E-state index in [4.69, 9.17) is 0 Å². The summed E-state index contributed by atoms with van der Waals surface area (Å²) in [4.78, 5) is 12.4. The summed E-state index contributed by atoms with van der Waals surface area (Å²) in [5, 5.41) is 0. The van der Waals surface area contributed by atoms with Crippen LogP contribution in [0.4, 0.5) is 0 Å². The lowest BCUT2D eigenvalue weighted by molar-refractivity contribution is 0.181. The molecule has 0 bridgehead atoms. The standard InChI is InChI=1S/C17H39N5.5ClH/c1-18(2)12-16-22-11-7-10-20(4)14-13-19(3)8-6-9-21(5)15-17-22;;;;;/h6-17H2,1-5H3;5*1H. The van der Waals surface area contributed by atoms with E-state index in [1.807, 2.05) is 0 Å². The van der Waals surface area contributed by atoms with E-state index in [-0.39, 0.29) is 62.0 Å². The summed E-state index contributed by atoms with van der Waals surface area (Å²) in [5.41, 5.74) is 0. The van der Waals surface area contributed by atoms with Crippen molar-refractivity contribution in [1.29, 1.82) is 0 Å². The molecule has 1 fully saturated rings. The molecule has 27 heavy (non-hydrogen) atoms. The minimum atomic E-state index is 0. The second kappa shape index (κ2) is 23.5. The molecule has 1 rings (SSSR count). The quantitative estimate of drug-likeness (QED) is 0.596. The van der Waals surface area contributed by atoms with Gasteiger partial charge in [-0.2, -0.15) is 0 Å².